The zero-order valence-corrected chi connectivity index (χ0v) is 17.9. The van der Waals surface area contributed by atoms with Crippen LogP contribution in [0.4, 0.5) is 0 Å². The lowest BCUT2D eigenvalue weighted by molar-refractivity contribution is -0.0842. The van der Waals surface area contributed by atoms with Crippen LogP contribution >= 0.6 is 0 Å². The van der Waals surface area contributed by atoms with Crippen LogP contribution in [0.3, 0.4) is 0 Å². The Morgan fingerprint density at radius 2 is 0.696 bits per heavy atom. The van der Waals surface area contributed by atoms with Gasteiger partial charge < -0.3 is 4.74 Å². The summed E-state index contributed by atoms with van der Waals surface area (Å²) in [5.74, 6) is 4.21. The molecule has 0 saturated carbocycles. The zero-order valence-electron chi connectivity index (χ0n) is 17.9. The molecule has 0 aromatic heterocycles. The van der Waals surface area contributed by atoms with E-state index >= 15 is 0 Å². The Kier molecular flexibility index (Phi) is 11.5. The van der Waals surface area contributed by atoms with E-state index in [9.17, 15) is 0 Å². The van der Waals surface area contributed by atoms with Crippen LogP contribution in [0, 0.1) is 35.5 Å². The first-order valence-corrected chi connectivity index (χ1v) is 10.2. The fraction of sp³-hybridized carbons (Fsp3) is 1.00. The third-order valence-corrected chi connectivity index (χ3v) is 4.71. The molecule has 4 atom stereocenters. The van der Waals surface area contributed by atoms with Gasteiger partial charge in [-0.25, -0.2) is 0 Å². The normalized spacial score (nSPS) is 18.0. The number of hydrogen-bond acceptors (Lipinski definition) is 1. The molecular formula is C22H46O. The Hall–Kier alpha value is -0.0400. The molecule has 4 unspecified atom stereocenters. The highest BCUT2D eigenvalue weighted by molar-refractivity contribution is 4.76. The van der Waals surface area contributed by atoms with Crippen molar-refractivity contribution in [2.45, 2.75) is 107 Å². The van der Waals surface area contributed by atoms with E-state index < -0.39 is 0 Å². The molecule has 0 aliphatic rings. The van der Waals surface area contributed by atoms with Crippen molar-refractivity contribution >= 4 is 0 Å². The van der Waals surface area contributed by atoms with Crippen molar-refractivity contribution in [1.82, 2.24) is 0 Å². The monoisotopic (exact) mass is 326 g/mol. The van der Waals surface area contributed by atoms with E-state index in [4.69, 9.17) is 4.74 Å². The van der Waals surface area contributed by atoms with Crippen molar-refractivity contribution in [3.8, 4) is 0 Å². The average Bonchev–Trinajstić information content (AvgIpc) is 2.33. The first-order chi connectivity index (χ1) is 10.5. The lowest BCUT2D eigenvalue weighted by atomic mass is 9.86. The van der Waals surface area contributed by atoms with E-state index in [0.29, 0.717) is 35.9 Å². The van der Waals surface area contributed by atoms with Crippen molar-refractivity contribution in [3.05, 3.63) is 0 Å². The summed E-state index contributed by atoms with van der Waals surface area (Å²) in [5.41, 5.74) is 0. The van der Waals surface area contributed by atoms with Gasteiger partial charge in [-0.15, -0.1) is 0 Å². The molecule has 0 aromatic carbocycles. The quantitative estimate of drug-likeness (QED) is 0.368. The maximum absolute atomic E-state index is 6.80. The van der Waals surface area contributed by atoms with Gasteiger partial charge in [-0.1, -0.05) is 69.2 Å². The van der Waals surface area contributed by atoms with Crippen LogP contribution < -0.4 is 0 Å². The van der Waals surface area contributed by atoms with E-state index in [1.54, 1.807) is 0 Å². The molecule has 1 nitrogen and oxygen atoms in total. The fourth-order valence-corrected chi connectivity index (χ4v) is 3.79. The Bertz CT molecular complexity index is 252. The average molecular weight is 327 g/mol. The Labute approximate surface area is 148 Å². The second-order valence-corrected chi connectivity index (χ2v) is 9.69. The SMILES string of the molecule is CC(C)CC(C)C(CC(C)C)OC(CC(C)C)C(C)CC(C)C. The van der Waals surface area contributed by atoms with Crippen LogP contribution in [-0.2, 0) is 4.74 Å². The highest BCUT2D eigenvalue weighted by Crippen LogP contribution is 2.30. The summed E-state index contributed by atoms with van der Waals surface area (Å²) in [6, 6.07) is 0. The Morgan fingerprint density at radius 1 is 0.435 bits per heavy atom. The fourth-order valence-electron chi connectivity index (χ4n) is 3.79. The van der Waals surface area contributed by atoms with Crippen molar-refractivity contribution in [1.29, 1.82) is 0 Å². The molecule has 0 amide bonds. The highest BCUT2D eigenvalue weighted by Gasteiger charge is 2.27. The van der Waals surface area contributed by atoms with Crippen molar-refractivity contribution in [2.75, 3.05) is 0 Å². The van der Waals surface area contributed by atoms with Crippen molar-refractivity contribution in [3.63, 3.8) is 0 Å². The summed E-state index contributed by atoms with van der Waals surface area (Å²) in [4.78, 5) is 0. The molecule has 140 valence electrons. The molecule has 0 N–H and O–H groups in total. The number of ether oxygens (including phenoxy) is 1. The molecule has 23 heavy (non-hydrogen) atoms. The summed E-state index contributed by atoms with van der Waals surface area (Å²) in [5, 5.41) is 0. The summed E-state index contributed by atoms with van der Waals surface area (Å²) in [6.07, 6.45) is 5.74. The van der Waals surface area contributed by atoms with Gasteiger partial charge in [-0.2, -0.15) is 0 Å². The van der Waals surface area contributed by atoms with Gasteiger partial charge in [0.1, 0.15) is 0 Å². The van der Waals surface area contributed by atoms with Gasteiger partial charge in [0, 0.05) is 0 Å². The smallest absolute Gasteiger partial charge is 0.0607 e. The molecular weight excluding hydrogens is 280 g/mol. The predicted molar refractivity (Wildman–Crippen MR) is 105 cm³/mol. The zero-order chi connectivity index (χ0) is 18.2. The van der Waals surface area contributed by atoms with Crippen LogP contribution in [0.25, 0.3) is 0 Å². The first kappa shape index (κ1) is 23.0. The Balaban J connectivity index is 5.00. The van der Waals surface area contributed by atoms with E-state index in [-0.39, 0.29) is 0 Å². The minimum absolute atomic E-state index is 0.413. The lowest BCUT2D eigenvalue weighted by Gasteiger charge is -2.35. The van der Waals surface area contributed by atoms with Gasteiger partial charge in [0.2, 0.25) is 0 Å². The number of rotatable bonds is 12. The third-order valence-electron chi connectivity index (χ3n) is 4.71. The molecule has 0 aliphatic carbocycles. The summed E-state index contributed by atoms with van der Waals surface area (Å²) >= 11 is 0. The van der Waals surface area contributed by atoms with Crippen LogP contribution in [0.2, 0.25) is 0 Å². The van der Waals surface area contributed by atoms with Gasteiger partial charge in [0.15, 0.2) is 0 Å². The minimum Gasteiger partial charge on any atom is -0.374 e. The van der Waals surface area contributed by atoms with E-state index in [2.05, 4.69) is 69.2 Å². The summed E-state index contributed by atoms with van der Waals surface area (Å²) < 4.78 is 6.80. The molecule has 0 aromatic rings. The van der Waals surface area contributed by atoms with E-state index in [0.717, 1.165) is 11.8 Å². The van der Waals surface area contributed by atoms with Crippen LogP contribution in [0.1, 0.15) is 94.9 Å². The molecule has 0 aliphatic heterocycles. The maximum atomic E-state index is 6.80. The van der Waals surface area contributed by atoms with Crippen molar-refractivity contribution < 1.29 is 4.74 Å². The summed E-state index contributed by atoms with van der Waals surface area (Å²) in [6.45, 7) is 23.4. The standard InChI is InChI=1S/C22H46O/c1-15(2)11-19(9)21(13-17(5)6)23-22(14-18(7)8)20(10)12-16(3)4/h15-22H,11-14H2,1-10H3. The number of hydrogen-bond donors (Lipinski definition) is 0. The van der Waals surface area contributed by atoms with Gasteiger partial charge in [0.05, 0.1) is 12.2 Å². The second kappa shape index (κ2) is 11.5. The molecule has 0 spiro atoms. The molecule has 0 heterocycles. The second-order valence-electron chi connectivity index (χ2n) is 9.69. The maximum Gasteiger partial charge on any atom is 0.0607 e. The van der Waals surface area contributed by atoms with Crippen LogP contribution in [0.5, 0.6) is 0 Å². The Morgan fingerprint density at radius 3 is 0.913 bits per heavy atom. The van der Waals surface area contributed by atoms with Gasteiger partial charge in [-0.05, 0) is 61.2 Å². The highest BCUT2D eigenvalue weighted by atomic mass is 16.5. The molecule has 0 radical (unpaired) electrons. The topological polar surface area (TPSA) is 9.23 Å². The minimum atomic E-state index is 0.413. The molecule has 1 heteroatoms. The lowest BCUT2D eigenvalue weighted by Crippen LogP contribution is -2.34. The van der Waals surface area contributed by atoms with E-state index in [1.165, 1.54) is 25.7 Å². The van der Waals surface area contributed by atoms with Gasteiger partial charge in [0.25, 0.3) is 0 Å². The third kappa shape index (κ3) is 11.2. The molecule has 0 bridgehead atoms. The predicted octanol–water partition coefficient (Wildman–Crippen LogP) is 7.20. The van der Waals surface area contributed by atoms with Crippen LogP contribution in [-0.4, -0.2) is 12.2 Å². The largest absolute Gasteiger partial charge is 0.374 e. The van der Waals surface area contributed by atoms with Gasteiger partial charge >= 0.3 is 0 Å². The molecule has 0 rings (SSSR count). The molecule has 0 saturated heterocycles. The molecule has 0 fully saturated rings. The van der Waals surface area contributed by atoms with E-state index in [1.807, 2.05) is 0 Å². The van der Waals surface area contributed by atoms with Crippen molar-refractivity contribution in [2.24, 2.45) is 35.5 Å². The first-order valence-electron chi connectivity index (χ1n) is 10.2. The van der Waals surface area contributed by atoms with Gasteiger partial charge in [-0.3, -0.25) is 0 Å². The summed E-state index contributed by atoms with van der Waals surface area (Å²) in [7, 11) is 0. The van der Waals surface area contributed by atoms with Crippen LogP contribution in [0.15, 0.2) is 0 Å².